The number of unbranched alkanes of at least 4 members (excludes halogenated alkanes) is 1. The lowest BCUT2D eigenvalue weighted by Crippen LogP contribution is -2.58. The van der Waals surface area contributed by atoms with Crippen LogP contribution in [0.5, 0.6) is 0 Å². The predicted molar refractivity (Wildman–Crippen MR) is 147 cm³/mol. The summed E-state index contributed by atoms with van der Waals surface area (Å²) in [4.78, 5) is 62.5. The van der Waals surface area contributed by atoms with Crippen molar-refractivity contribution in [2.75, 3.05) is 6.54 Å². The number of carboxylic acids is 1. The molecule has 39 heavy (non-hydrogen) atoms. The number of benzene rings is 1. The Hall–Kier alpha value is -3.51. The molecule has 0 aliphatic heterocycles. The molecule has 12 nitrogen and oxygen atoms in total. The third-order valence-electron chi connectivity index (χ3n) is 6.04. The van der Waals surface area contributed by atoms with Crippen molar-refractivity contribution in [3.8, 4) is 0 Å². The normalized spacial score (nSPS) is 14.8. The van der Waals surface area contributed by atoms with Crippen LogP contribution in [0.1, 0.15) is 58.9 Å². The molecule has 0 unspecified atom stereocenters. The summed E-state index contributed by atoms with van der Waals surface area (Å²) < 4.78 is 0. The Balaban J connectivity index is 2.87. The molecule has 12 heteroatoms. The number of rotatable bonds is 17. The molecule has 9 N–H and O–H groups in total. The molecule has 1 rings (SSSR count). The van der Waals surface area contributed by atoms with Crippen molar-refractivity contribution < 1.29 is 29.1 Å². The van der Waals surface area contributed by atoms with Gasteiger partial charge in [0.2, 0.25) is 23.6 Å². The number of carbonyl (C=O) groups is 5. The second kappa shape index (κ2) is 17.2. The molecule has 0 radical (unpaired) electrons. The lowest BCUT2D eigenvalue weighted by Gasteiger charge is -2.26. The fraction of sp³-hybridized carbons (Fsp3) is 0.593. The summed E-state index contributed by atoms with van der Waals surface area (Å²) >= 11 is 0. The summed E-state index contributed by atoms with van der Waals surface area (Å²) in [6.45, 7) is 6.94. The van der Waals surface area contributed by atoms with E-state index in [0.717, 1.165) is 5.56 Å². The Morgan fingerprint density at radius 1 is 0.769 bits per heavy atom. The lowest BCUT2D eigenvalue weighted by atomic mass is 10.0. The number of hydrogen-bond acceptors (Lipinski definition) is 7. The van der Waals surface area contributed by atoms with E-state index in [9.17, 15) is 24.0 Å². The van der Waals surface area contributed by atoms with Gasteiger partial charge in [-0.2, -0.15) is 0 Å². The molecule has 0 saturated carbocycles. The van der Waals surface area contributed by atoms with Crippen molar-refractivity contribution in [1.82, 2.24) is 21.3 Å². The van der Waals surface area contributed by atoms with Crippen LogP contribution in [0.3, 0.4) is 0 Å². The van der Waals surface area contributed by atoms with Crippen molar-refractivity contribution in [2.24, 2.45) is 17.4 Å². The first-order valence-corrected chi connectivity index (χ1v) is 13.3. The van der Waals surface area contributed by atoms with Crippen LogP contribution in [-0.4, -0.2) is 71.5 Å². The number of carbonyl (C=O) groups excluding carboxylic acids is 4. The van der Waals surface area contributed by atoms with Gasteiger partial charge < -0.3 is 37.8 Å². The number of carboxylic acid groups (broad SMARTS) is 1. The van der Waals surface area contributed by atoms with E-state index in [1.165, 1.54) is 13.8 Å². The number of hydrogen-bond donors (Lipinski definition) is 7. The van der Waals surface area contributed by atoms with Crippen LogP contribution in [0.4, 0.5) is 0 Å². The number of amides is 4. The molecule has 0 aliphatic rings. The summed E-state index contributed by atoms with van der Waals surface area (Å²) in [7, 11) is 0. The van der Waals surface area contributed by atoms with Gasteiger partial charge in [-0.05, 0) is 64.0 Å². The maximum Gasteiger partial charge on any atom is 0.325 e. The molecule has 4 amide bonds. The average molecular weight is 549 g/mol. The van der Waals surface area contributed by atoms with E-state index in [-0.39, 0.29) is 18.8 Å². The molecule has 1 aromatic rings. The molecule has 0 saturated heterocycles. The van der Waals surface area contributed by atoms with Crippen LogP contribution in [-0.2, 0) is 30.4 Å². The second-order valence-electron chi connectivity index (χ2n) is 10.1. The monoisotopic (exact) mass is 548 g/mol. The van der Waals surface area contributed by atoms with Crippen molar-refractivity contribution in [1.29, 1.82) is 0 Å². The second-order valence-corrected chi connectivity index (χ2v) is 10.1. The summed E-state index contributed by atoms with van der Waals surface area (Å²) in [5.41, 5.74) is 12.5. The van der Waals surface area contributed by atoms with Crippen LogP contribution in [0.25, 0.3) is 0 Å². The highest BCUT2D eigenvalue weighted by atomic mass is 16.4. The maximum atomic E-state index is 13.2. The fourth-order valence-electron chi connectivity index (χ4n) is 3.76. The SMILES string of the molecule is CC(C)C[C@H](NC(=O)[C@H](CCCCN)NC(=O)[C@H](C)NC(=O)[C@@H](N)Cc1ccccc1)C(=O)N[C@@H](C)C(=O)O. The van der Waals surface area contributed by atoms with Gasteiger partial charge in [-0.15, -0.1) is 0 Å². The first kappa shape index (κ1) is 33.5. The molecule has 0 fully saturated rings. The summed E-state index contributed by atoms with van der Waals surface area (Å²) in [5, 5.41) is 19.4. The van der Waals surface area contributed by atoms with Crippen molar-refractivity contribution in [3.63, 3.8) is 0 Å². The molecule has 0 aromatic heterocycles. The predicted octanol–water partition coefficient (Wildman–Crippen LogP) is -0.205. The van der Waals surface area contributed by atoms with Crippen LogP contribution in [0.15, 0.2) is 30.3 Å². The van der Waals surface area contributed by atoms with Crippen molar-refractivity contribution >= 4 is 29.6 Å². The highest BCUT2D eigenvalue weighted by Crippen LogP contribution is 2.08. The minimum atomic E-state index is -1.20. The highest BCUT2D eigenvalue weighted by molar-refractivity contribution is 5.95. The minimum absolute atomic E-state index is 0.0156. The topological polar surface area (TPSA) is 206 Å². The van der Waals surface area contributed by atoms with E-state index >= 15 is 0 Å². The largest absolute Gasteiger partial charge is 0.480 e. The first-order valence-electron chi connectivity index (χ1n) is 13.3. The maximum absolute atomic E-state index is 13.2. The van der Waals surface area contributed by atoms with E-state index in [1.807, 2.05) is 44.2 Å². The van der Waals surface area contributed by atoms with Crippen molar-refractivity contribution in [3.05, 3.63) is 35.9 Å². The van der Waals surface area contributed by atoms with Crippen LogP contribution < -0.4 is 32.7 Å². The Morgan fingerprint density at radius 3 is 1.90 bits per heavy atom. The van der Waals surface area contributed by atoms with Gasteiger partial charge in [0.15, 0.2) is 0 Å². The van der Waals surface area contributed by atoms with Crippen LogP contribution in [0.2, 0.25) is 0 Å². The molecule has 0 spiro atoms. The van der Waals surface area contributed by atoms with E-state index in [1.54, 1.807) is 0 Å². The van der Waals surface area contributed by atoms with E-state index in [2.05, 4.69) is 21.3 Å². The van der Waals surface area contributed by atoms with Gasteiger partial charge in [0.1, 0.15) is 24.2 Å². The zero-order valence-corrected chi connectivity index (χ0v) is 23.2. The molecule has 0 aliphatic carbocycles. The van der Waals surface area contributed by atoms with Crippen molar-refractivity contribution in [2.45, 2.75) is 90.0 Å². The van der Waals surface area contributed by atoms with Gasteiger partial charge in [-0.3, -0.25) is 24.0 Å². The van der Waals surface area contributed by atoms with Gasteiger partial charge in [0.25, 0.3) is 0 Å². The average Bonchev–Trinajstić information content (AvgIpc) is 2.87. The quantitative estimate of drug-likeness (QED) is 0.129. The third kappa shape index (κ3) is 12.7. The van der Waals surface area contributed by atoms with Crippen LogP contribution in [0, 0.1) is 5.92 Å². The number of nitrogens with one attached hydrogen (secondary N) is 4. The molecule has 0 heterocycles. The minimum Gasteiger partial charge on any atom is -0.480 e. The molecular weight excluding hydrogens is 504 g/mol. The Kier molecular flexibility index (Phi) is 14.7. The zero-order valence-electron chi connectivity index (χ0n) is 23.2. The van der Waals surface area contributed by atoms with E-state index in [0.29, 0.717) is 25.8 Å². The molecule has 218 valence electrons. The summed E-state index contributed by atoms with van der Waals surface area (Å²) in [6.07, 6.45) is 1.97. The van der Waals surface area contributed by atoms with Gasteiger partial charge in [-0.25, -0.2) is 0 Å². The first-order chi connectivity index (χ1) is 18.3. The van der Waals surface area contributed by atoms with Crippen LogP contribution >= 0.6 is 0 Å². The summed E-state index contributed by atoms with van der Waals surface area (Å²) in [5.74, 6) is -3.51. The highest BCUT2D eigenvalue weighted by Gasteiger charge is 2.30. The standard InChI is InChI=1S/C27H44N6O6/c1-16(2)14-22(26(37)31-18(4)27(38)39)33-25(36)21(12-8-9-13-28)32-23(34)17(3)30-24(35)20(29)15-19-10-6-5-7-11-19/h5-7,10-11,16-18,20-22H,8-9,12-15,28-29H2,1-4H3,(H,30,35)(H,31,37)(H,32,34)(H,33,36)(H,38,39)/t17-,18-,20-,21-,22-/m0/s1. The van der Waals surface area contributed by atoms with Gasteiger partial charge in [0.05, 0.1) is 6.04 Å². The number of aliphatic carboxylic acids is 1. The fourth-order valence-corrected chi connectivity index (χ4v) is 3.76. The van der Waals surface area contributed by atoms with E-state index in [4.69, 9.17) is 16.6 Å². The van der Waals surface area contributed by atoms with Gasteiger partial charge in [-0.1, -0.05) is 44.2 Å². The lowest BCUT2D eigenvalue weighted by molar-refractivity contribution is -0.142. The number of nitrogens with two attached hydrogens (primary N) is 2. The molecule has 0 bridgehead atoms. The van der Waals surface area contributed by atoms with Gasteiger partial charge >= 0.3 is 5.97 Å². The smallest absolute Gasteiger partial charge is 0.325 e. The Morgan fingerprint density at radius 2 is 1.33 bits per heavy atom. The Bertz CT molecular complexity index is 957. The molecule has 1 aromatic carbocycles. The molecular formula is C27H44N6O6. The third-order valence-corrected chi connectivity index (χ3v) is 6.04. The van der Waals surface area contributed by atoms with Gasteiger partial charge in [0, 0.05) is 0 Å². The zero-order chi connectivity index (χ0) is 29.5. The Labute approximate surface area is 230 Å². The summed E-state index contributed by atoms with van der Waals surface area (Å²) in [6, 6.07) is 4.26. The molecule has 5 atom stereocenters. The van der Waals surface area contributed by atoms with E-state index < -0.39 is 59.8 Å².